The maximum atomic E-state index is 11.7. The van der Waals surface area contributed by atoms with Crippen LogP contribution in [0.1, 0.15) is 46.0 Å². The van der Waals surface area contributed by atoms with Crippen molar-refractivity contribution in [3.05, 3.63) is 0 Å². The average molecular weight is 264 g/mol. The number of halogens is 1. The summed E-state index contributed by atoms with van der Waals surface area (Å²) in [6.45, 7) is 6.02. The zero-order valence-electron chi connectivity index (χ0n) is 9.39. The summed E-state index contributed by atoms with van der Waals surface area (Å²) in [5.41, 5.74) is 0. The van der Waals surface area contributed by atoms with Crippen molar-refractivity contribution in [2.45, 2.75) is 46.0 Å². The van der Waals surface area contributed by atoms with Gasteiger partial charge in [-0.3, -0.25) is 4.79 Å². The Morgan fingerprint density at radius 1 is 1.14 bits per heavy atom. The summed E-state index contributed by atoms with van der Waals surface area (Å²) in [6, 6.07) is 0. The van der Waals surface area contributed by atoms with E-state index in [4.69, 9.17) is 0 Å². The molecule has 0 aliphatic rings. The summed E-state index contributed by atoms with van der Waals surface area (Å²) < 4.78 is 0. The van der Waals surface area contributed by atoms with Crippen LogP contribution in [0.5, 0.6) is 0 Å². The van der Waals surface area contributed by atoms with Crippen LogP contribution in [-0.4, -0.2) is 29.2 Å². The second kappa shape index (κ2) is 9.50. The van der Waals surface area contributed by atoms with Gasteiger partial charge in [0, 0.05) is 24.8 Å². The minimum Gasteiger partial charge on any atom is -0.342 e. The molecule has 84 valence electrons. The van der Waals surface area contributed by atoms with E-state index in [0.29, 0.717) is 5.91 Å². The average Bonchev–Trinajstić information content (AvgIpc) is 2.18. The van der Waals surface area contributed by atoms with E-state index < -0.39 is 0 Å². The molecule has 0 aliphatic carbocycles. The SMILES string of the molecule is CCCCCC(=O)N(CCC)CCBr. The van der Waals surface area contributed by atoms with Crippen LogP contribution in [0, 0.1) is 0 Å². The Bertz CT molecular complexity index is 144. The van der Waals surface area contributed by atoms with E-state index in [2.05, 4.69) is 29.8 Å². The first-order chi connectivity index (χ1) is 6.76. The number of amides is 1. The zero-order chi connectivity index (χ0) is 10.8. The van der Waals surface area contributed by atoms with Crippen molar-refractivity contribution in [3.63, 3.8) is 0 Å². The highest BCUT2D eigenvalue weighted by Crippen LogP contribution is 2.04. The lowest BCUT2D eigenvalue weighted by atomic mass is 10.2. The fourth-order valence-corrected chi connectivity index (χ4v) is 1.85. The van der Waals surface area contributed by atoms with Crippen LogP contribution in [0.4, 0.5) is 0 Å². The molecule has 3 heteroatoms. The van der Waals surface area contributed by atoms with E-state index in [-0.39, 0.29) is 0 Å². The van der Waals surface area contributed by atoms with Crippen LogP contribution in [0.15, 0.2) is 0 Å². The molecule has 14 heavy (non-hydrogen) atoms. The van der Waals surface area contributed by atoms with Crippen molar-refractivity contribution in [1.29, 1.82) is 0 Å². The molecule has 0 atom stereocenters. The second-order valence-electron chi connectivity index (χ2n) is 3.53. The smallest absolute Gasteiger partial charge is 0.222 e. The van der Waals surface area contributed by atoms with Crippen LogP contribution in [0.25, 0.3) is 0 Å². The topological polar surface area (TPSA) is 20.3 Å². The quantitative estimate of drug-likeness (QED) is 0.487. The molecule has 0 radical (unpaired) electrons. The molecule has 0 saturated heterocycles. The molecule has 0 fully saturated rings. The van der Waals surface area contributed by atoms with Gasteiger partial charge in [0.15, 0.2) is 0 Å². The molecule has 0 spiro atoms. The van der Waals surface area contributed by atoms with Gasteiger partial charge in [-0.2, -0.15) is 0 Å². The highest BCUT2D eigenvalue weighted by Gasteiger charge is 2.10. The van der Waals surface area contributed by atoms with Crippen molar-refractivity contribution in [3.8, 4) is 0 Å². The Hall–Kier alpha value is -0.0500. The molecule has 2 nitrogen and oxygen atoms in total. The molecular weight excluding hydrogens is 242 g/mol. The molecule has 0 unspecified atom stereocenters. The fraction of sp³-hybridized carbons (Fsp3) is 0.909. The van der Waals surface area contributed by atoms with Gasteiger partial charge < -0.3 is 4.90 Å². The largest absolute Gasteiger partial charge is 0.342 e. The minimum atomic E-state index is 0.319. The lowest BCUT2D eigenvalue weighted by Gasteiger charge is -2.20. The summed E-state index contributed by atoms with van der Waals surface area (Å²) in [6.07, 6.45) is 5.16. The monoisotopic (exact) mass is 263 g/mol. The predicted molar refractivity (Wildman–Crippen MR) is 64.8 cm³/mol. The normalized spacial score (nSPS) is 10.2. The van der Waals surface area contributed by atoms with E-state index in [1.807, 2.05) is 4.90 Å². The number of carbonyl (C=O) groups excluding carboxylic acids is 1. The van der Waals surface area contributed by atoms with Crippen LogP contribution in [-0.2, 0) is 4.79 Å². The van der Waals surface area contributed by atoms with Crippen LogP contribution < -0.4 is 0 Å². The van der Waals surface area contributed by atoms with Crippen molar-refractivity contribution < 1.29 is 4.79 Å². The third kappa shape index (κ3) is 6.41. The van der Waals surface area contributed by atoms with Crippen LogP contribution >= 0.6 is 15.9 Å². The Morgan fingerprint density at radius 2 is 1.86 bits per heavy atom. The summed E-state index contributed by atoms with van der Waals surface area (Å²) in [4.78, 5) is 13.7. The molecule has 0 aliphatic heterocycles. The summed E-state index contributed by atoms with van der Waals surface area (Å²) >= 11 is 3.38. The van der Waals surface area contributed by atoms with Crippen molar-refractivity contribution in [2.24, 2.45) is 0 Å². The number of alkyl halides is 1. The lowest BCUT2D eigenvalue weighted by molar-refractivity contribution is -0.131. The Labute approximate surface area is 96.2 Å². The molecule has 0 saturated carbocycles. The van der Waals surface area contributed by atoms with Gasteiger partial charge in [-0.05, 0) is 12.8 Å². The van der Waals surface area contributed by atoms with Crippen molar-refractivity contribution in [1.82, 2.24) is 4.90 Å². The van der Waals surface area contributed by atoms with E-state index in [0.717, 1.165) is 37.7 Å². The molecule has 0 rings (SSSR count). The van der Waals surface area contributed by atoms with Gasteiger partial charge in [-0.15, -0.1) is 0 Å². The molecule has 0 bridgehead atoms. The maximum Gasteiger partial charge on any atom is 0.222 e. The highest BCUT2D eigenvalue weighted by molar-refractivity contribution is 9.09. The first kappa shape index (κ1) is 13.9. The molecule has 0 aromatic carbocycles. The number of unbranched alkanes of at least 4 members (excludes halogenated alkanes) is 2. The Morgan fingerprint density at radius 3 is 2.36 bits per heavy atom. The maximum absolute atomic E-state index is 11.7. The number of carbonyl (C=O) groups is 1. The van der Waals surface area contributed by atoms with Crippen LogP contribution in [0.3, 0.4) is 0 Å². The summed E-state index contributed by atoms with van der Waals surface area (Å²) in [7, 11) is 0. The number of hydrogen-bond acceptors (Lipinski definition) is 1. The van der Waals surface area contributed by atoms with Gasteiger partial charge in [0.2, 0.25) is 5.91 Å². The van der Waals surface area contributed by atoms with Crippen molar-refractivity contribution >= 4 is 21.8 Å². The third-order valence-electron chi connectivity index (χ3n) is 2.19. The number of nitrogens with zero attached hydrogens (tertiary/aromatic N) is 1. The Kier molecular flexibility index (Phi) is 9.47. The minimum absolute atomic E-state index is 0.319. The molecular formula is C11H22BrNO. The first-order valence-corrected chi connectivity index (χ1v) is 6.72. The Balaban J connectivity index is 3.76. The van der Waals surface area contributed by atoms with Gasteiger partial charge in [-0.1, -0.05) is 42.6 Å². The van der Waals surface area contributed by atoms with E-state index in [1.54, 1.807) is 0 Å². The van der Waals surface area contributed by atoms with E-state index in [1.165, 1.54) is 12.8 Å². The molecule has 0 heterocycles. The molecule has 1 amide bonds. The van der Waals surface area contributed by atoms with Gasteiger partial charge in [0.05, 0.1) is 0 Å². The summed E-state index contributed by atoms with van der Waals surface area (Å²) in [5.74, 6) is 0.319. The molecule has 0 N–H and O–H groups in total. The molecule has 0 aromatic heterocycles. The van der Waals surface area contributed by atoms with E-state index in [9.17, 15) is 4.79 Å². The number of hydrogen-bond donors (Lipinski definition) is 0. The van der Waals surface area contributed by atoms with Gasteiger partial charge in [0.25, 0.3) is 0 Å². The van der Waals surface area contributed by atoms with Crippen LogP contribution in [0.2, 0.25) is 0 Å². The fourth-order valence-electron chi connectivity index (χ4n) is 1.42. The van der Waals surface area contributed by atoms with E-state index >= 15 is 0 Å². The standard InChI is InChI=1S/C11H22BrNO/c1-3-5-6-7-11(14)13(9-4-2)10-8-12/h3-10H2,1-2H3. The lowest BCUT2D eigenvalue weighted by Crippen LogP contribution is -2.33. The first-order valence-electron chi connectivity index (χ1n) is 5.60. The molecule has 0 aromatic rings. The second-order valence-corrected chi connectivity index (χ2v) is 4.32. The summed E-state index contributed by atoms with van der Waals surface area (Å²) in [5, 5.41) is 0.881. The highest BCUT2D eigenvalue weighted by atomic mass is 79.9. The van der Waals surface area contributed by atoms with Crippen molar-refractivity contribution in [2.75, 3.05) is 18.4 Å². The third-order valence-corrected chi connectivity index (χ3v) is 2.55. The van der Waals surface area contributed by atoms with Gasteiger partial charge >= 0.3 is 0 Å². The predicted octanol–water partition coefficient (Wildman–Crippen LogP) is 3.20. The van der Waals surface area contributed by atoms with Gasteiger partial charge in [-0.25, -0.2) is 0 Å². The number of rotatable bonds is 8. The zero-order valence-corrected chi connectivity index (χ0v) is 11.0. The van der Waals surface area contributed by atoms with Gasteiger partial charge in [0.1, 0.15) is 0 Å².